The summed E-state index contributed by atoms with van der Waals surface area (Å²) in [4.78, 5) is 37.9. The number of carbonyl (C=O) groups is 3. The van der Waals surface area contributed by atoms with Crippen LogP contribution in [0.3, 0.4) is 0 Å². The highest BCUT2D eigenvalue weighted by molar-refractivity contribution is 5.71. The van der Waals surface area contributed by atoms with E-state index in [0.717, 1.165) is 83.5 Å². The van der Waals surface area contributed by atoms with Crippen molar-refractivity contribution in [1.82, 2.24) is 0 Å². The Balaban J connectivity index is 3.98. The molecular formula is C69H126O6. The molecule has 0 aliphatic heterocycles. The van der Waals surface area contributed by atoms with Crippen LogP contribution in [0.5, 0.6) is 0 Å². The largest absolute Gasteiger partial charge is 0.462 e. The lowest BCUT2D eigenvalue weighted by molar-refractivity contribution is -0.167. The maximum atomic E-state index is 12.8. The molecule has 6 nitrogen and oxygen atoms in total. The zero-order valence-electron chi connectivity index (χ0n) is 50.3. The molecule has 1 unspecified atom stereocenters. The number of esters is 3. The number of carbonyl (C=O) groups excluding carboxylic acids is 3. The average Bonchev–Trinajstić information content (AvgIpc) is 3.41. The Morgan fingerprint density at radius 3 is 0.760 bits per heavy atom. The third-order valence-corrected chi connectivity index (χ3v) is 14.8. The number of rotatable bonds is 61. The zero-order chi connectivity index (χ0) is 54.3. The van der Waals surface area contributed by atoms with E-state index >= 15 is 0 Å². The van der Waals surface area contributed by atoms with Gasteiger partial charge < -0.3 is 14.2 Å². The minimum atomic E-state index is -0.773. The molecule has 0 saturated carbocycles. The van der Waals surface area contributed by atoms with E-state index in [1.54, 1.807) is 0 Å². The van der Waals surface area contributed by atoms with Crippen LogP contribution in [0.2, 0.25) is 0 Å². The van der Waals surface area contributed by atoms with Crippen molar-refractivity contribution < 1.29 is 28.6 Å². The first kappa shape index (κ1) is 72.4. The van der Waals surface area contributed by atoms with E-state index in [9.17, 15) is 14.4 Å². The molecule has 0 aliphatic rings. The van der Waals surface area contributed by atoms with E-state index in [1.165, 1.54) is 231 Å². The molecule has 0 bridgehead atoms. The van der Waals surface area contributed by atoms with Gasteiger partial charge in [0.2, 0.25) is 0 Å². The summed E-state index contributed by atoms with van der Waals surface area (Å²) in [6.45, 7) is 6.59. The minimum absolute atomic E-state index is 0.0733. The molecule has 0 aromatic rings. The summed E-state index contributed by atoms with van der Waals surface area (Å²) in [6, 6.07) is 0. The molecule has 0 saturated heterocycles. The van der Waals surface area contributed by atoms with Crippen molar-refractivity contribution in [3.63, 3.8) is 0 Å². The molecule has 6 heteroatoms. The Morgan fingerprint density at radius 2 is 0.480 bits per heavy atom. The van der Waals surface area contributed by atoms with E-state index in [4.69, 9.17) is 14.2 Å². The van der Waals surface area contributed by atoms with Crippen molar-refractivity contribution >= 4 is 17.9 Å². The van der Waals surface area contributed by atoms with Crippen LogP contribution in [0.15, 0.2) is 48.6 Å². The van der Waals surface area contributed by atoms with Gasteiger partial charge in [0, 0.05) is 19.3 Å². The smallest absolute Gasteiger partial charge is 0.306 e. The van der Waals surface area contributed by atoms with Gasteiger partial charge in [0.25, 0.3) is 0 Å². The topological polar surface area (TPSA) is 78.9 Å². The van der Waals surface area contributed by atoms with E-state index < -0.39 is 6.10 Å². The Bertz CT molecular complexity index is 1300. The van der Waals surface area contributed by atoms with E-state index in [-0.39, 0.29) is 31.1 Å². The molecule has 438 valence electrons. The second kappa shape index (κ2) is 63.9. The summed E-state index contributed by atoms with van der Waals surface area (Å²) in [5, 5.41) is 0. The third kappa shape index (κ3) is 62.1. The Hall–Kier alpha value is -2.63. The van der Waals surface area contributed by atoms with Crippen LogP contribution >= 0.6 is 0 Å². The number of hydrogen-bond acceptors (Lipinski definition) is 6. The first-order chi connectivity index (χ1) is 37.0. The lowest BCUT2D eigenvalue weighted by Crippen LogP contribution is -2.30. The second-order valence-corrected chi connectivity index (χ2v) is 22.4. The summed E-state index contributed by atoms with van der Waals surface area (Å²) in [5.41, 5.74) is 0. The normalized spacial score (nSPS) is 12.3. The lowest BCUT2D eigenvalue weighted by Gasteiger charge is -2.18. The second-order valence-electron chi connectivity index (χ2n) is 22.4. The summed E-state index contributed by atoms with van der Waals surface area (Å²) in [5.74, 6) is -0.877. The first-order valence-corrected chi connectivity index (χ1v) is 33.1. The Morgan fingerprint density at radius 1 is 0.267 bits per heavy atom. The van der Waals surface area contributed by atoms with Gasteiger partial charge >= 0.3 is 17.9 Å². The maximum Gasteiger partial charge on any atom is 0.306 e. The predicted molar refractivity (Wildman–Crippen MR) is 325 cm³/mol. The van der Waals surface area contributed by atoms with Crippen LogP contribution < -0.4 is 0 Å². The minimum Gasteiger partial charge on any atom is -0.462 e. The van der Waals surface area contributed by atoms with Crippen LogP contribution in [0, 0.1) is 0 Å². The third-order valence-electron chi connectivity index (χ3n) is 14.8. The summed E-state index contributed by atoms with van der Waals surface area (Å²) in [7, 11) is 0. The van der Waals surface area contributed by atoms with Crippen molar-refractivity contribution in [2.45, 2.75) is 361 Å². The number of unbranched alkanes of at least 4 members (excludes halogenated alkanes) is 42. The molecule has 0 N–H and O–H groups in total. The van der Waals surface area contributed by atoms with Crippen molar-refractivity contribution in [2.24, 2.45) is 0 Å². The van der Waals surface area contributed by atoms with Gasteiger partial charge in [-0.25, -0.2) is 0 Å². The van der Waals surface area contributed by atoms with Crippen molar-refractivity contribution in [2.75, 3.05) is 13.2 Å². The van der Waals surface area contributed by atoms with E-state index in [1.807, 2.05) is 0 Å². The SMILES string of the molecule is CCCCCCC/C=C\C/C=C\C/C=C\CCCCCCCCCCC(=O)OC(COC(=O)CCCCCCC)COC(=O)CCCCCCCCCCCCCCCCCCC/C=C\CCCCCCCCCC. The molecule has 0 aromatic heterocycles. The standard InChI is InChI=1S/C69H126O6/c1-4-7-10-13-15-17-19-21-23-25-27-29-31-32-33-34-35-36-38-39-41-43-45-47-49-51-53-56-59-62-68(71)74-65-66(64-73-67(70)61-58-55-12-9-6-3)75-69(72)63-60-57-54-52-50-48-46-44-42-40-37-30-28-26-24-22-20-18-16-14-11-8-5-2/h20,22,25-28,37,40,66H,4-19,21,23-24,29-36,38-39,41-65H2,1-3H3/b22-20-,27-25-,28-26-,40-37-. The number of ether oxygens (including phenoxy) is 3. The van der Waals surface area contributed by atoms with Crippen LogP contribution in [0.4, 0.5) is 0 Å². The molecular weight excluding hydrogens is 925 g/mol. The maximum absolute atomic E-state index is 12.8. The molecule has 0 spiro atoms. The van der Waals surface area contributed by atoms with Crippen molar-refractivity contribution in [3.05, 3.63) is 48.6 Å². The highest BCUT2D eigenvalue weighted by Gasteiger charge is 2.19. The molecule has 0 aliphatic carbocycles. The molecule has 0 radical (unpaired) electrons. The summed E-state index contributed by atoms with van der Waals surface area (Å²) >= 11 is 0. The fraction of sp³-hybridized carbons (Fsp3) is 0.841. The van der Waals surface area contributed by atoms with Gasteiger partial charge in [-0.2, -0.15) is 0 Å². The highest BCUT2D eigenvalue weighted by atomic mass is 16.6. The van der Waals surface area contributed by atoms with Gasteiger partial charge in [0.15, 0.2) is 6.10 Å². The molecule has 0 fully saturated rings. The zero-order valence-corrected chi connectivity index (χ0v) is 50.3. The van der Waals surface area contributed by atoms with E-state index in [0.29, 0.717) is 19.3 Å². The molecule has 0 aromatic carbocycles. The van der Waals surface area contributed by atoms with E-state index in [2.05, 4.69) is 69.4 Å². The van der Waals surface area contributed by atoms with Gasteiger partial charge in [-0.15, -0.1) is 0 Å². The molecule has 75 heavy (non-hydrogen) atoms. The van der Waals surface area contributed by atoms with Crippen LogP contribution in [0.1, 0.15) is 355 Å². The average molecular weight is 1050 g/mol. The van der Waals surface area contributed by atoms with Crippen molar-refractivity contribution in [1.29, 1.82) is 0 Å². The van der Waals surface area contributed by atoms with Gasteiger partial charge in [0.05, 0.1) is 0 Å². The number of hydrogen-bond donors (Lipinski definition) is 0. The predicted octanol–water partition coefficient (Wildman–Crippen LogP) is 22.6. The summed E-state index contributed by atoms with van der Waals surface area (Å²) < 4.78 is 16.8. The van der Waals surface area contributed by atoms with Gasteiger partial charge in [-0.1, -0.05) is 301 Å². The van der Waals surface area contributed by atoms with Gasteiger partial charge in [-0.05, 0) is 83.5 Å². The Kier molecular flexibility index (Phi) is 61.7. The quantitative estimate of drug-likeness (QED) is 0.0261. The molecule has 0 amide bonds. The van der Waals surface area contributed by atoms with Gasteiger partial charge in [0.1, 0.15) is 13.2 Å². The lowest BCUT2D eigenvalue weighted by atomic mass is 10.0. The fourth-order valence-corrected chi connectivity index (χ4v) is 9.80. The van der Waals surface area contributed by atoms with Crippen LogP contribution in [0.25, 0.3) is 0 Å². The molecule has 0 rings (SSSR count). The molecule has 0 heterocycles. The molecule has 1 atom stereocenters. The Labute approximate surface area is 467 Å². The monoisotopic (exact) mass is 1050 g/mol. The fourth-order valence-electron chi connectivity index (χ4n) is 9.80. The van der Waals surface area contributed by atoms with Crippen molar-refractivity contribution in [3.8, 4) is 0 Å². The van der Waals surface area contributed by atoms with Crippen LogP contribution in [-0.2, 0) is 28.6 Å². The highest BCUT2D eigenvalue weighted by Crippen LogP contribution is 2.17. The first-order valence-electron chi connectivity index (χ1n) is 33.1. The van der Waals surface area contributed by atoms with Crippen LogP contribution in [-0.4, -0.2) is 37.2 Å². The summed E-state index contributed by atoms with van der Waals surface area (Å²) in [6.07, 6.45) is 80.4. The van der Waals surface area contributed by atoms with Gasteiger partial charge in [-0.3, -0.25) is 14.4 Å². The number of allylic oxidation sites excluding steroid dienone is 8.